The summed E-state index contributed by atoms with van der Waals surface area (Å²) in [5.74, 6) is -1.54. The Morgan fingerprint density at radius 1 is 1.29 bits per heavy atom. The minimum atomic E-state index is -3.76. The maximum Gasteiger partial charge on any atom is 0.324 e. The number of rotatable bonds is 7. The molecule has 0 aliphatic carbocycles. The van der Waals surface area contributed by atoms with E-state index in [1.807, 2.05) is 0 Å². The lowest BCUT2D eigenvalue weighted by Crippen LogP contribution is -2.45. The summed E-state index contributed by atoms with van der Waals surface area (Å²) in [7, 11) is -3.76. The van der Waals surface area contributed by atoms with Crippen LogP contribution in [0.15, 0.2) is 30.3 Å². The van der Waals surface area contributed by atoms with E-state index in [0.29, 0.717) is 5.56 Å². The molecule has 0 radical (unpaired) electrons. The molecule has 0 bridgehead atoms. The zero-order chi connectivity index (χ0) is 16.1. The van der Waals surface area contributed by atoms with Gasteiger partial charge < -0.3 is 9.84 Å². The van der Waals surface area contributed by atoms with Crippen LogP contribution < -0.4 is 4.72 Å². The Morgan fingerprint density at radius 3 is 2.33 bits per heavy atom. The van der Waals surface area contributed by atoms with Crippen molar-refractivity contribution in [1.29, 1.82) is 0 Å². The molecule has 6 nitrogen and oxygen atoms in total. The Labute approximate surface area is 125 Å². The topological polar surface area (TPSA) is 92.7 Å². The van der Waals surface area contributed by atoms with E-state index in [0.717, 1.165) is 0 Å². The lowest BCUT2D eigenvalue weighted by molar-refractivity contribution is -0.142. The number of nitrogens with one attached hydrogen (secondary N) is 1. The minimum absolute atomic E-state index is 0.229. The predicted molar refractivity (Wildman–Crippen MR) is 79.3 cm³/mol. The van der Waals surface area contributed by atoms with Crippen molar-refractivity contribution in [2.24, 2.45) is 0 Å². The number of carboxylic acid groups (broad SMARTS) is 1. The molecule has 0 heterocycles. The van der Waals surface area contributed by atoms with E-state index >= 15 is 0 Å². The molecule has 0 fully saturated rings. The van der Waals surface area contributed by atoms with Crippen molar-refractivity contribution < 1.29 is 23.1 Å². The molecule has 118 valence electrons. The number of ether oxygens (including phenoxy) is 1. The van der Waals surface area contributed by atoms with Gasteiger partial charge in [-0.05, 0) is 26.3 Å². The van der Waals surface area contributed by atoms with Crippen LogP contribution in [0.5, 0.6) is 0 Å². The van der Waals surface area contributed by atoms with Gasteiger partial charge in [-0.2, -0.15) is 4.72 Å². The highest BCUT2D eigenvalue weighted by atomic mass is 32.2. The molecule has 0 aromatic heterocycles. The van der Waals surface area contributed by atoms with Gasteiger partial charge in [-0.15, -0.1) is 0 Å². The van der Waals surface area contributed by atoms with E-state index in [1.165, 1.54) is 0 Å². The molecule has 1 aromatic carbocycles. The van der Waals surface area contributed by atoms with E-state index < -0.39 is 27.6 Å². The lowest BCUT2D eigenvalue weighted by atomic mass is 10.2. The first-order chi connectivity index (χ1) is 9.59. The molecule has 1 aromatic rings. The van der Waals surface area contributed by atoms with Crippen LogP contribution in [0.2, 0.25) is 0 Å². The molecule has 7 heteroatoms. The second kappa shape index (κ2) is 7.02. The third-order valence-electron chi connectivity index (χ3n) is 2.50. The van der Waals surface area contributed by atoms with Gasteiger partial charge in [0, 0.05) is 0 Å². The third kappa shape index (κ3) is 7.22. The lowest BCUT2D eigenvalue weighted by Gasteiger charge is -2.23. The predicted octanol–water partition coefficient (Wildman–Crippen LogP) is 1.37. The molecule has 2 N–H and O–H groups in total. The first-order valence-corrected chi connectivity index (χ1v) is 8.15. The number of carboxylic acids is 1. The monoisotopic (exact) mass is 315 g/mol. The average molecular weight is 315 g/mol. The van der Waals surface area contributed by atoms with Gasteiger partial charge in [0.15, 0.2) is 0 Å². The van der Waals surface area contributed by atoms with Crippen molar-refractivity contribution in [2.75, 3.05) is 6.61 Å². The van der Waals surface area contributed by atoms with E-state index in [2.05, 4.69) is 4.72 Å². The van der Waals surface area contributed by atoms with Crippen LogP contribution in [-0.2, 0) is 25.3 Å². The SMILES string of the molecule is CC(C)(C)OCC(NS(=O)(=O)Cc1ccccc1)C(=O)O. The summed E-state index contributed by atoms with van der Waals surface area (Å²) < 4.78 is 31.5. The van der Waals surface area contributed by atoms with E-state index in [1.54, 1.807) is 51.1 Å². The van der Waals surface area contributed by atoms with Gasteiger partial charge in [0.1, 0.15) is 6.04 Å². The first-order valence-electron chi connectivity index (χ1n) is 6.50. The molecular formula is C14H21NO5S. The van der Waals surface area contributed by atoms with Crippen LogP contribution in [0.4, 0.5) is 0 Å². The molecule has 0 amide bonds. The highest BCUT2D eigenvalue weighted by Gasteiger charge is 2.26. The van der Waals surface area contributed by atoms with Crippen LogP contribution in [0, 0.1) is 0 Å². The van der Waals surface area contributed by atoms with E-state index in [4.69, 9.17) is 9.84 Å². The van der Waals surface area contributed by atoms with E-state index in [9.17, 15) is 13.2 Å². The van der Waals surface area contributed by atoms with Crippen LogP contribution in [-0.4, -0.2) is 37.7 Å². The summed E-state index contributed by atoms with van der Waals surface area (Å²) in [5.41, 5.74) is 0.0457. The Bertz CT molecular complexity index is 563. The standard InChI is InChI=1S/C14H21NO5S/c1-14(2,3)20-9-12(13(16)17)15-21(18,19)10-11-7-5-4-6-8-11/h4-8,12,15H,9-10H2,1-3H3,(H,16,17). The minimum Gasteiger partial charge on any atom is -0.480 e. The zero-order valence-corrected chi connectivity index (χ0v) is 13.2. The van der Waals surface area contributed by atoms with E-state index in [-0.39, 0.29) is 12.4 Å². The van der Waals surface area contributed by atoms with Gasteiger partial charge in [0.25, 0.3) is 0 Å². The molecule has 1 atom stereocenters. The van der Waals surface area contributed by atoms with Gasteiger partial charge in [0.05, 0.1) is 18.0 Å². The fourth-order valence-electron chi connectivity index (χ4n) is 1.54. The Hall–Kier alpha value is -1.44. The van der Waals surface area contributed by atoms with Crippen LogP contribution in [0.3, 0.4) is 0 Å². The first kappa shape index (κ1) is 17.6. The number of hydrogen-bond donors (Lipinski definition) is 2. The Kier molecular flexibility index (Phi) is 5.88. The second-order valence-electron chi connectivity index (χ2n) is 5.68. The molecule has 1 rings (SSSR count). The Balaban J connectivity index is 2.71. The molecule has 1 unspecified atom stereocenters. The third-order valence-corrected chi connectivity index (χ3v) is 3.86. The Morgan fingerprint density at radius 2 is 1.86 bits per heavy atom. The summed E-state index contributed by atoms with van der Waals surface area (Å²) >= 11 is 0. The number of aliphatic carboxylic acids is 1. The summed E-state index contributed by atoms with van der Waals surface area (Å²) in [4.78, 5) is 11.1. The van der Waals surface area contributed by atoms with Crippen molar-refractivity contribution in [3.63, 3.8) is 0 Å². The van der Waals surface area contributed by atoms with Crippen LogP contribution in [0.1, 0.15) is 26.3 Å². The zero-order valence-electron chi connectivity index (χ0n) is 12.4. The fourth-order valence-corrected chi connectivity index (χ4v) is 2.86. The largest absolute Gasteiger partial charge is 0.480 e. The van der Waals surface area contributed by atoms with Crippen LogP contribution >= 0.6 is 0 Å². The molecular weight excluding hydrogens is 294 g/mol. The number of sulfonamides is 1. The highest BCUT2D eigenvalue weighted by Crippen LogP contribution is 2.09. The second-order valence-corrected chi connectivity index (χ2v) is 7.43. The van der Waals surface area contributed by atoms with Crippen molar-refractivity contribution in [3.8, 4) is 0 Å². The fraction of sp³-hybridized carbons (Fsp3) is 0.500. The van der Waals surface area contributed by atoms with Gasteiger partial charge in [-0.1, -0.05) is 30.3 Å². The summed E-state index contributed by atoms with van der Waals surface area (Å²) in [6, 6.07) is 7.25. The molecule has 0 spiro atoms. The molecule has 0 saturated carbocycles. The summed E-state index contributed by atoms with van der Waals surface area (Å²) in [5, 5.41) is 9.09. The smallest absolute Gasteiger partial charge is 0.324 e. The average Bonchev–Trinajstić information content (AvgIpc) is 2.33. The molecule has 0 saturated heterocycles. The van der Waals surface area contributed by atoms with Gasteiger partial charge in [0.2, 0.25) is 10.0 Å². The van der Waals surface area contributed by atoms with Crippen molar-refractivity contribution >= 4 is 16.0 Å². The van der Waals surface area contributed by atoms with Gasteiger partial charge in [-0.25, -0.2) is 8.42 Å². The quantitative estimate of drug-likeness (QED) is 0.793. The summed E-state index contributed by atoms with van der Waals surface area (Å²) in [6.07, 6.45) is 0. The van der Waals surface area contributed by atoms with Gasteiger partial charge >= 0.3 is 5.97 Å². The molecule has 21 heavy (non-hydrogen) atoms. The number of benzene rings is 1. The van der Waals surface area contributed by atoms with Crippen LogP contribution in [0.25, 0.3) is 0 Å². The normalized spacial score (nSPS) is 13.9. The van der Waals surface area contributed by atoms with Crippen molar-refractivity contribution in [2.45, 2.75) is 38.2 Å². The van der Waals surface area contributed by atoms with Crippen molar-refractivity contribution in [3.05, 3.63) is 35.9 Å². The highest BCUT2D eigenvalue weighted by molar-refractivity contribution is 7.88. The summed E-state index contributed by atoms with van der Waals surface area (Å²) in [6.45, 7) is 5.08. The number of carbonyl (C=O) groups is 1. The number of hydrogen-bond acceptors (Lipinski definition) is 4. The van der Waals surface area contributed by atoms with Gasteiger partial charge in [-0.3, -0.25) is 4.79 Å². The molecule has 0 aliphatic rings. The maximum atomic E-state index is 12.0. The molecule has 0 aliphatic heterocycles. The van der Waals surface area contributed by atoms with Crippen molar-refractivity contribution in [1.82, 2.24) is 4.72 Å². The maximum absolute atomic E-state index is 12.0.